The zero-order valence-corrected chi connectivity index (χ0v) is 13.5. The Bertz CT molecular complexity index is 711. The smallest absolute Gasteiger partial charge is 0.320 e. The number of nitrogens with one attached hydrogen (secondary N) is 2. The first-order valence-corrected chi connectivity index (χ1v) is 8.43. The van der Waals surface area contributed by atoms with Crippen LogP contribution in [0.25, 0.3) is 0 Å². The highest BCUT2D eigenvalue weighted by atomic mass is 32.1. The van der Waals surface area contributed by atoms with Crippen molar-refractivity contribution in [3.05, 3.63) is 40.2 Å². The Morgan fingerprint density at radius 1 is 1.30 bits per heavy atom. The summed E-state index contributed by atoms with van der Waals surface area (Å²) in [5.41, 5.74) is 2.31. The molecule has 1 aromatic heterocycles. The monoisotopic (exact) mass is 326 g/mol. The van der Waals surface area contributed by atoms with Crippen molar-refractivity contribution >= 4 is 28.9 Å². The van der Waals surface area contributed by atoms with Gasteiger partial charge in [-0.2, -0.15) is 0 Å². The summed E-state index contributed by atoms with van der Waals surface area (Å²) in [4.78, 5) is 18.3. The fourth-order valence-electron chi connectivity index (χ4n) is 2.54. The van der Waals surface area contributed by atoms with Crippen LogP contribution in [0.15, 0.2) is 29.6 Å². The molecule has 2 heterocycles. The molecule has 0 aliphatic carbocycles. The van der Waals surface area contributed by atoms with Crippen molar-refractivity contribution in [3.8, 4) is 12.3 Å². The quantitative estimate of drug-likeness (QED) is 0.849. The van der Waals surface area contributed by atoms with Gasteiger partial charge < -0.3 is 10.2 Å². The number of carbonyl (C=O) groups excluding carboxylic acids is 1. The van der Waals surface area contributed by atoms with Crippen LogP contribution >= 0.6 is 11.3 Å². The third-order valence-electron chi connectivity index (χ3n) is 3.73. The number of hydrogen-bond donors (Lipinski definition) is 2. The van der Waals surface area contributed by atoms with Gasteiger partial charge in [0.15, 0.2) is 5.01 Å². The van der Waals surface area contributed by atoms with E-state index in [0.29, 0.717) is 17.4 Å². The normalized spacial score (nSPS) is 13.6. The third kappa shape index (κ3) is 4.02. The molecule has 3 rings (SSSR count). The summed E-state index contributed by atoms with van der Waals surface area (Å²) in [5, 5.41) is 7.76. The summed E-state index contributed by atoms with van der Waals surface area (Å²) in [5.74, 6) is 2.92. The van der Waals surface area contributed by atoms with Crippen LogP contribution in [0.3, 0.4) is 0 Å². The number of thiazole rings is 1. The molecule has 2 amide bonds. The number of amides is 2. The molecule has 23 heavy (non-hydrogen) atoms. The average molecular weight is 326 g/mol. The number of nitrogens with zero attached hydrogens (tertiary/aromatic N) is 2. The molecule has 1 saturated heterocycles. The van der Waals surface area contributed by atoms with Gasteiger partial charge in [-0.3, -0.25) is 5.32 Å². The predicted molar refractivity (Wildman–Crippen MR) is 93.8 cm³/mol. The molecular weight excluding hydrogens is 308 g/mol. The number of hydrogen-bond acceptors (Lipinski definition) is 4. The number of rotatable bonds is 4. The van der Waals surface area contributed by atoms with Crippen LogP contribution in [-0.2, 0) is 6.54 Å². The third-order valence-corrected chi connectivity index (χ3v) is 4.50. The van der Waals surface area contributed by atoms with E-state index < -0.39 is 0 Å². The summed E-state index contributed by atoms with van der Waals surface area (Å²) in [6.07, 6.45) is 7.78. The Hall–Kier alpha value is -2.52. The first-order chi connectivity index (χ1) is 11.2. The second-order valence-corrected chi connectivity index (χ2v) is 6.21. The standard InChI is InChI=1S/C17H18N4OS/c1-2-16-19-15(12-23-16)20-17(22)18-11-13-5-7-14(8-6-13)21-9-3-4-10-21/h1,5-8,12H,3-4,9-11H2,(H2,18,20,22). The largest absolute Gasteiger partial charge is 0.372 e. The predicted octanol–water partition coefficient (Wildman–Crippen LogP) is 3.05. The molecule has 0 saturated carbocycles. The second kappa shape index (κ2) is 7.16. The number of aromatic nitrogens is 1. The van der Waals surface area contributed by atoms with Gasteiger partial charge in [-0.15, -0.1) is 17.8 Å². The number of terminal acetylenes is 1. The lowest BCUT2D eigenvalue weighted by atomic mass is 10.2. The fraction of sp³-hybridized carbons (Fsp3) is 0.294. The molecule has 0 radical (unpaired) electrons. The van der Waals surface area contributed by atoms with E-state index in [-0.39, 0.29) is 6.03 Å². The molecule has 1 aliphatic heterocycles. The molecule has 0 spiro atoms. The Labute approximate surface area is 139 Å². The van der Waals surface area contributed by atoms with E-state index in [1.54, 1.807) is 5.38 Å². The van der Waals surface area contributed by atoms with Gasteiger partial charge in [0.25, 0.3) is 0 Å². The highest BCUT2D eigenvalue weighted by Gasteiger charge is 2.12. The number of benzene rings is 1. The van der Waals surface area contributed by atoms with Gasteiger partial charge in [0.2, 0.25) is 0 Å². The molecule has 0 atom stereocenters. The molecule has 6 heteroatoms. The van der Waals surface area contributed by atoms with Crippen molar-refractivity contribution in [2.45, 2.75) is 19.4 Å². The topological polar surface area (TPSA) is 57.3 Å². The van der Waals surface area contributed by atoms with Crippen molar-refractivity contribution in [1.29, 1.82) is 0 Å². The minimum absolute atomic E-state index is 0.289. The van der Waals surface area contributed by atoms with Crippen LogP contribution in [-0.4, -0.2) is 24.1 Å². The molecule has 0 bridgehead atoms. The lowest BCUT2D eigenvalue weighted by Crippen LogP contribution is -2.28. The van der Waals surface area contributed by atoms with Crippen LogP contribution in [0.4, 0.5) is 16.3 Å². The SMILES string of the molecule is C#Cc1nc(NC(=O)NCc2ccc(N3CCCC3)cc2)cs1. The number of carbonyl (C=O) groups is 1. The Morgan fingerprint density at radius 3 is 2.70 bits per heavy atom. The van der Waals surface area contributed by atoms with Crippen molar-refractivity contribution in [3.63, 3.8) is 0 Å². The first kappa shape index (κ1) is 15.4. The molecule has 118 valence electrons. The highest BCUT2D eigenvalue weighted by Crippen LogP contribution is 2.20. The molecule has 1 aromatic carbocycles. The van der Waals surface area contributed by atoms with Crippen LogP contribution in [0.2, 0.25) is 0 Å². The lowest BCUT2D eigenvalue weighted by molar-refractivity contribution is 0.251. The maximum Gasteiger partial charge on any atom is 0.320 e. The van der Waals surface area contributed by atoms with Gasteiger partial charge in [0.05, 0.1) is 0 Å². The summed E-state index contributed by atoms with van der Waals surface area (Å²) in [6, 6.07) is 8.03. The van der Waals surface area contributed by atoms with Gasteiger partial charge >= 0.3 is 6.03 Å². The molecule has 2 N–H and O–H groups in total. The van der Waals surface area contributed by atoms with E-state index in [2.05, 4.69) is 38.6 Å². The van der Waals surface area contributed by atoms with Crippen molar-refractivity contribution in [2.75, 3.05) is 23.3 Å². The van der Waals surface area contributed by atoms with E-state index >= 15 is 0 Å². The molecule has 5 nitrogen and oxygen atoms in total. The van der Waals surface area contributed by atoms with Crippen LogP contribution in [0, 0.1) is 12.3 Å². The Balaban J connectivity index is 1.49. The minimum atomic E-state index is -0.289. The fourth-order valence-corrected chi connectivity index (χ4v) is 3.09. The van der Waals surface area contributed by atoms with E-state index in [0.717, 1.165) is 18.7 Å². The summed E-state index contributed by atoms with van der Waals surface area (Å²) in [7, 11) is 0. The number of urea groups is 1. The first-order valence-electron chi connectivity index (χ1n) is 7.55. The molecule has 1 aliphatic rings. The van der Waals surface area contributed by atoms with Gasteiger partial charge in [0.1, 0.15) is 5.82 Å². The summed E-state index contributed by atoms with van der Waals surface area (Å²) < 4.78 is 0. The zero-order valence-electron chi connectivity index (χ0n) is 12.7. The molecular formula is C17H18N4OS. The minimum Gasteiger partial charge on any atom is -0.372 e. The second-order valence-electron chi connectivity index (χ2n) is 5.35. The van der Waals surface area contributed by atoms with Crippen molar-refractivity contribution < 1.29 is 4.79 Å². The molecule has 1 fully saturated rings. The summed E-state index contributed by atoms with van der Waals surface area (Å²) >= 11 is 1.33. The van der Waals surface area contributed by atoms with Gasteiger partial charge in [0, 0.05) is 30.7 Å². The average Bonchev–Trinajstić information content (AvgIpc) is 3.25. The number of anilines is 2. The maximum absolute atomic E-state index is 11.8. The van der Waals surface area contributed by atoms with E-state index in [9.17, 15) is 4.79 Å². The Kier molecular flexibility index (Phi) is 4.79. The van der Waals surface area contributed by atoms with E-state index in [4.69, 9.17) is 6.42 Å². The summed E-state index contributed by atoms with van der Waals surface area (Å²) in [6.45, 7) is 2.73. The van der Waals surface area contributed by atoms with E-state index in [1.807, 2.05) is 12.1 Å². The Morgan fingerprint density at radius 2 is 2.04 bits per heavy atom. The maximum atomic E-state index is 11.8. The molecule has 0 unspecified atom stereocenters. The highest BCUT2D eigenvalue weighted by molar-refractivity contribution is 7.10. The lowest BCUT2D eigenvalue weighted by Gasteiger charge is -2.17. The van der Waals surface area contributed by atoms with Gasteiger partial charge in [-0.25, -0.2) is 9.78 Å². The van der Waals surface area contributed by atoms with Crippen LogP contribution in [0.5, 0.6) is 0 Å². The molecule has 2 aromatic rings. The van der Waals surface area contributed by atoms with Gasteiger partial charge in [-0.1, -0.05) is 12.1 Å². The zero-order chi connectivity index (χ0) is 16.1. The van der Waals surface area contributed by atoms with Crippen molar-refractivity contribution in [1.82, 2.24) is 10.3 Å². The van der Waals surface area contributed by atoms with Crippen LogP contribution < -0.4 is 15.5 Å². The van der Waals surface area contributed by atoms with E-state index in [1.165, 1.54) is 29.9 Å². The van der Waals surface area contributed by atoms with Crippen LogP contribution in [0.1, 0.15) is 23.4 Å². The van der Waals surface area contributed by atoms with Crippen molar-refractivity contribution in [2.24, 2.45) is 0 Å². The van der Waals surface area contributed by atoms with Gasteiger partial charge in [-0.05, 0) is 36.5 Å².